The fraction of sp³-hybridized carbons (Fsp3) is 0.333. The summed E-state index contributed by atoms with van der Waals surface area (Å²) in [5, 5.41) is 12.6. The lowest BCUT2D eigenvalue weighted by Crippen LogP contribution is -2.21. The van der Waals surface area contributed by atoms with E-state index in [1.165, 1.54) is 12.1 Å². The quantitative estimate of drug-likeness (QED) is 0.587. The van der Waals surface area contributed by atoms with Crippen molar-refractivity contribution < 1.29 is 13.5 Å². The van der Waals surface area contributed by atoms with Crippen LogP contribution in [0.25, 0.3) is 0 Å². The van der Waals surface area contributed by atoms with Gasteiger partial charge in [-0.25, -0.2) is 8.42 Å². The molecule has 0 radical (unpaired) electrons. The standard InChI is InChI=1S/C12H15NO3S/c1-3-8-13-9-12(14)10-4-6-11(7-5-10)17(2,15)16/h1,4-7,12-14H,8-9H2,2H3. The summed E-state index contributed by atoms with van der Waals surface area (Å²) in [6.45, 7) is 0.723. The van der Waals surface area contributed by atoms with Gasteiger partial charge in [0.25, 0.3) is 0 Å². The third-order valence-electron chi connectivity index (χ3n) is 2.26. The zero-order valence-electron chi connectivity index (χ0n) is 9.55. The molecule has 0 heterocycles. The summed E-state index contributed by atoms with van der Waals surface area (Å²) < 4.78 is 22.5. The highest BCUT2D eigenvalue weighted by Gasteiger charge is 2.10. The molecule has 0 spiro atoms. The van der Waals surface area contributed by atoms with Crippen molar-refractivity contribution in [3.63, 3.8) is 0 Å². The van der Waals surface area contributed by atoms with Gasteiger partial charge in [-0.2, -0.15) is 0 Å². The Morgan fingerprint density at radius 2 is 2.00 bits per heavy atom. The molecule has 0 aliphatic rings. The molecular weight excluding hydrogens is 238 g/mol. The Balaban J connectivity index is 2.71. The first kappa shape index (κ1) is 13.7. The van der Waals surface area contributed by atoms with E-state index >= 15 is 0 Å². The van der Waals surface area contributed by atoms with Crippen molar-refractivity contribution in [2.24, 2.45) is 0 Å². The normalized spacial score (nSPS) is 13.0. The van der Waals surface area contributed by atoms with Gasteiger partial charge in [0.2, 0.25) is 0 Å². The van der Waals surface area contributed by atoms with E-state index in [1.807, 2.05) is 0 Å². The maximum atomic E-state index is 11.2. The molecule has 5 heteroatoms. The molecule has 0 aliphatic carbocycles. The van der Waals surface area contributed by atoms with Crippen LogP contribution in [0.1, 0.15) is 11.7 Å². The zero-order chi connectivity index (χ0) is 12.9. The van der Waals surface area contributed by atoms with Crippen LogP contribution in [0, 0.1) is 12.3 Å². The summed E-state index contributed by atoms with van der Waals surface area (Å²) >= 11 is 0. The summed E-state index contributed by atoms with van der Waals surface area (Å²) in [6.07, 6.45) is 5.51. The van der Waals surface area contributed by atoms with Crippen LogP contribution in [0.3, 0.4) is 0 Å². The predicted octanol–water partition coefficient (Wildman–Crippen LogP) is 0.346. The van der Waals surface area contributed by atoms with Crippen molar-refractivity contribution in [3.8, 4) is 12.3 Å². The highest BCUT2D eigenvalue weighted by Crippen LogP contribution is 2.15. The average molecular weight is 253 g/mol. The number of hydrogen-bond donors (Lipinski definition) is 2. The molecule has 0 aliphatic heterocycles. The number of aliphatic hydroxyl groups excluding tert-OH is 1. The van der Waals surface area contributed by atoms with Gasteiger partial charge in [-0.15, -0.1) is 6.42 Å². The first-order valence-electron chi connectivity index (χ1n) is 5.07. The Morgan fingerprint density at radius 3 is 2.47 bits per heavy atom. The van der Waals surface area contributed by atoms with E-state index in [-0.39, 0.29) is 4.90 Å². The second-order valence-corrected chi connectivity index (χ2v) is 5.71. The number of benzene rings is 1. The largest absolute Gasteiger partial charge is 0.387 e. The van der Waals surface area contributed by atoms with Gasteiger partial charge in [0.1, 0.15) is 0 Å². The Kier molecular flexibility index (Phi) is 4.70. The molecule has 0 amide bonds. The molecule has 17 heavy (non-hydrogen) atoms. The lowest BCUT2D eigenvalue weighted by atomic mass is 10.1. The fourth-order valence-electron chi connectivity index (χ4n) is 1.34. The molecule has 92 valence electrons. The van der Waals surface area contributed by atoms with E-state index < -0.39 is 15.9 Å². The number of terminal acetylenes is 1. The number of rotatable bonds is 5. The summed E-state index contributed by atoms with van der Waals surface area (Å²) in [6, 6.07) is 6.15. The minimum Gasteiger partial charge on any atom is -0.387 e. The molecule has 0 saturated carbocycles. The molecule has 1 aromatic rings. The highest BCUT2D eigenvalue weighted by atomic mass is 32.2. The highest BCUT2D eigenvalue weighted by molar-refractivity contribution is 7.90. The maximum Gasteiger partial charge on any atom is 0.175 e. The minimum atomic E-state index is -3.19. The van der Waals surface area contributed by atoms with Gasteiger partial charge in [0.05, 0.1) is 17.5 Å². The van der Waals surface area contributed by atoms with Gasteiger partial charge >= 0.3 is 0 Å². The fourth-order valence-corrected chi connectivity index (χ4v) is 1.97. The van der Waals surface area contributed by atoms with Gasteiger partial charge in [0, 0.05) is 12.8 Å². The van der Waals surface area contributed by atoms with Crippen molar-refractivity contribution in [3.05, 3.63) is 29.8 Å². The molecule has 0 fully saturated rings. The molecule has 0 saturated heterocycles. The van der Waals surface area contributed by atoms with Gasteiger partial charge < -0.3 is 10.4 Å². The Hall–Kier alpha value is -1.35. The van der Waals surface area contributed by atoms with Crippen LogP contribution >= 0.6 is 0 Å². The Morgan fingerprint density at radius 1 is 1.41 bits per heavy atom. The van der Waals surface area contributed by atoms with Crippen molar-refractivity contribution in [1.29, 1.82) is 0 Å². The smallest absolute Gasteiger partial charge is 0.175 e. The van der Waals surface area contributed by atoms with E-state index in [0.717, 1.165) is 6.26 Å². The molecule has 1 aromatic carbocycles. The van der Waals surface area contributed by atoms with Crippen LogP contribution in [0.5, 0.6) is 0 Å². The molecule has 1 atom stereocenters. The van der Waals surface area contributed by atoms with E-state index in [0.29, 0.717) is 18.7 Å². The van der Waals surface area contributed by atoms with E-state index in [9.17, 15) is 13.5 Å². The predicted molar refractivity (Wildman–Crippen MR) is 66.2 cm³/mol. The molecule has 2 N–H and O–H groups in total. The zero-order valence-corrected chi connectivity index (χ0v) is 10.4. The van der Waals surface area contributed by atoms with Crippen molar-refractivity contribution in [2.75, 3.05) is 19.3 Å². The Bertz CT molecular complexity index is 500. The van der Waals surface area contributed by atoms with E-state index in [2.05, 4.69) is 11.2 Å². The number of nitrogens with one attached hydrogen (secondary N) is 1. The number of aliphatic hydroxyl groups is 1. The number of sulfone groups is 1. The molecular formula is C12H15NO3S. The molecule has 1 unspecified atom stereocenters. The van der Waals surface area contributed by atoms with Crippen LogP contribution < -0.4 is 5.32 Å². The van der Waals surface area contributed by atoms with E-state index in [4.69, 9.17) is 6.42 Å². The molecule has 0 aromatic heterocycles. The second-order valence-electron chi connectivity index (χ2n) is 3.69. The van der Waals surface area contributed by atoms with Gasteiger partial charge in [0.15, 0.2) is 9.84 Å². The van der Waals surface area contributed by atoms with Gasteiger partial charge in [-0.3, -0.25) is 0 Å². The van der Waals surface area contributed by atoms with Crippen LogP contribution in [-0.4, -0.2) is 32.9 Å². The third kappa shape index (κ3) is 4.19. The van der Waals surface area contributed by atoms with Crippen LogP contribution in [0.2, 0.25) is 0 Å². The maximum absolute atomic E-state index is 11.2. The van der Waals surface area contributed by atoms with Crippen LogP contribution in [0.15, 0.2) is 29.2 Å². The van der Waals surface area contributed by atoms with Gasteiger partial charge in [-0.1, -0.05) is 18.1 Å². The topological polar surface area (TPSA) is 66.4 Å². The summed E-state index contributed by atoms with van der Waals surface area (Å²) in [7, 11) is -3.19. The SMILES string of the molecule is C#CCNCC(O)c1ccc(S(C)(=O)=O)cc1. The lowest BCUT2D eigenvalue weighted by Gasteiger charge is -2.11. The Labute approximate surface area is 102 Å². The minimum absolute atomic E-state index is 0.241. The average Bonchev–Trinajstić information content (AvgIpc) is 2.28. The molecule has 0 bridgehead atoms. The van der Waals surface area contributed by atoms with Crippen LogP contribution in [0.4, 0.5) is 0 Å². The first-order chi connectivity index (χ1) is 7.95. The van der Waals surface area contributed by atoms with E-state index in [1.54, 1.807) is 12.1 Å². The lowest BCUT2D eigenvalue weighted by molar-refractivity contribution is 0.176. The first-order valence-corrected chi connectivity index (χ1v) is 6.96. The summed E-state index contributed by atoms with van der Waals surface area (Å²) in [5.41, 5.74) is 0.655. The second kappa shape index (κ2) is 5.82. The molecule has 4 nitrogen and oxygen atoms in total. The van der Waals surface area contributed by atoms with Crippen molar-refractivity contribution in [1.82, 2.24) is 5.32 Å². The van der Waals surface area contributed by atoms with Crippen LogP contribution in [-0.2, 0) is 9.84 Å². The van der Waals surface area contributed by atoms with Gasteiger partial charge in [-0.05, 0) is 17.7 Å². The summed E-state index contributed by atoms with van der Waals surface area (Å²) in [4.78, 5) is 0.241. The monoisotopic (exact) mass is 253 g/mol. The number of hydrogen-bond acceptors (Lipinski definition) is 4. The third-order valence-corrected chi connectivity index (χ3v) is 3.39. The van der Waals surface area contributed by atoms with Crippen molar-refractivity contribution >= 4 is 9.84 Å². The van der Waals surface area contributed by atoms with Crippen molar-refractivity contribution in [2.45, 2.75) is 11.0 Å². The summed E-state index contributed by atoms with van der Waals surface area (Å²) in [5.74, 6) is 2.40. The molecule has 1 rings (SSSR count).